The van der Waals surface area contributed by atoms with Crippen LogP contribution < -0.4 is 9.44 Å². The van der Waals surface area contributed by atoms with Crippen molar-refractivity contribution in [3.8, 4) is 0 Å². The van der Waals surface area contributed by atoms with Crippen LogP contribution in [0, 0.1) is 0 Å². The molecule has 2 aromatic rings. The predicted octanol–water partition coefficient (Wildman–Crippen LogP) is 2.85. The van der Waals surface area contributed by atoms with Gasteiger partial charge in [0.25, 0.3) is 0 Å². The molecule has 8 heteroatoms. The minimum atomic E-state index is -3.59. The van der Waals surface area contributed by atoms with E-state index < -0.39 is 20.0 Å². The van der Waals surface area contributed by atoms with Crippen molar-refractivity contribution in [2.75, 3.05) is 13.1 Å². The fourth-order valence-electron chi connectivity index (χ4n) is 2.84. The van der Waals surface area contributed by atoms with E-state index in [1.54, 1.807) is 48.5 Å². The van der Waals surface area contributed by atoms with Crippen LogP contribution in [0.3, 0.4) is 0 Å². The first kappa shape index (κ1) is 22.5. The first-order valence-corrected chi connectivity index (χ1v) is 12.4. The Balaban J connectivity index is 2.27. The summed E-state index contributed by atoms with van der Waals surface area (Å²) in [6, 6.07) is 13.7. The summed E-state index contributed by atoms with van der Waals surface area (Å²) in [5.74, 6) is 0. The molecule has 2 N–H and O–H groups in total. The van der Waals surface area contributed by atoms with Crippen molar-refractivity contribution in [3.05, 3.63) is 59.7 Å². The lowest BCUT2D eigenvalue weighted by Crippen LogP contribution is -2.26. The van der Waals surface area contributed by atoms with E-state index >= 15 is 0 Å². The maximum absolute atomic E-state index is 12.6. The maximum atomic E-state index is 12.6. The Labute approximate surface area is 168 Å². The average molecular weight is 425 g/mol. The van der Waals surface area contributed by atoms with Crippen LogP contribution in [0.5, 0.6) is 0 Å². The highest BCUT2D eigenvalue weighted by Crippen LogP contribution is 2.21. The molecule has 2 aromatic carbocycles. The van der Waals surface area contributed by atoms with E-state index in [4.69, 9.17) is 0 Å². The summed E-state index contributed by atoms with van der Waals surface area (Å²) in [6.07, 6.45) is 2.25. The monoisotopic (exact) mass is 424 g/mol. The first-order valence-electron chi connectivity index (χ1n) is 9.47. The van der Waals surface area contributed by atoms with Gasteiger partial charge in [-0.05, 0) is 48.9 Å². The quantitative estimate of drug-likeness (QED) is 0.580. The fourth-order valence-corrected chi connectivity index (χ4v) is 5.65. The Morgan fingerprint density at radius 1 is 0.643 bits per heavy atom. The normalized spacial score (nSPS) is 12.2. The number of nitrogens with one attached hydrogen (secondary N) is 2. The van der Waals surface area contributed by atoms with Crippen molar-refractivity contribution in [2.24, 2.45) is 0 Å². The second-order valence-electron chi connectivity index (χ2n) is 6.51. The Kier molecular flexibility index (Phi) is 8.18. The van der Waals surface area contributed by atoms with E-state index in [-0.39, 0.29) is 9.79 Å². The molecule has 0 aliphatic carbocycles. The summed E-state index contributed by atoms with van der Waals surface area (Å²) in [5, 5.41) is 0. The highest BCUT2D eigenvalue weighted by molar-refractivity contribution is 7.89. The summed E-state index contributed by atoms with van der Waals surface area (Å²) >= 11 is 0. The van der Waals surface area contributed by atoms with Crippen molar-refractivity contribution in [3.63, 3.8) is 0 Å². The molecule has 0 spiro atoms. The number of hydrogen-bond acceptors (Lipinski definition) is 4. The molecule has 0 heterocycles. The van der Waals surface area contributed by atoms with Crippen LogP contribution in [0.15, 0.2) is 58.3 Å². The molecule has 0 amide bonds. The Hall–Kier alpha value is -1.74. The molecular formula is C20H28N2O4S2. The van der Waals surface area contributed by atoms with Crippen LogP contribution in [-0.2, 0) is 32.9 Å². The molecule has 0 aliphatic heterocycles. The van der Waals surface area contributed by atoms with Gasteiger partial charge in [0.1, 0.15) is 0 Å². The van der Waals surface area contributed by atoms with E-state index in [1.807, 2.05) is 13.8 Å². The lowest BCUT2D eigenvalue weighted by molar-refractivity contribution is 0.576. The van der Waals surface area contributed by atoms with Gasteiger partial charge < -0.3 is 0 Å². The molecule has 0 fully saturated rings. The van der Waals surface area contributed by atoms with Crippen LogP contribution in [-0.4, -0.2) is 29.9 Å². The van der Waals surface area contributed by atoms with E-state index in [0.29, 0.717) is 49.9 Å². The SMILES string of the molecule is CCCNS(=O)(=O)c1ccccc1CCc1ccccc1S(=O)(=O)NCCC. The van der Waals surface area contributed by atoms with Crippen LogP contribution >= 0.6 is 0 Å². The highest BCUT2D eigenvalue weighted by Gasteiger charge is 2.20. The van der Waals surface area contributed by atoms with E-state index in [1.165, 1.54) is 0 Å². The molecule has 0 aromatic heterocycles. The zero-order chi connectivity index (χ0) is 20.6. The topological polar surface area (TPSA) is 92.3 Å². The number of benzene rings is 2. The summed E-state index contributed by atoms with van der Waals surface area (Å²) in [4.78, 5) is 0.487. The van der Waals surface area contributed by atoms with Crippen molar-refractivity contribution >= 4 is 20.0 Å². The molecule has 0 bridgehead atoms. The summed E-state index contributed by atoms with van der Waals surface area (Å²) < 4.78 is 55.4. The number of rotatable bonds is 11. The second-order valence-corrected chi connectivity index (χ2v) is 9.98. The fraction of sp³-hybridized carbons (Fsp3) is 0.400. The van der Waals surface area contributed by atoms with Gasteiger partial charge in [-0.15, -0.1) is 0 Å². The lowest BCUT2D eigenvalue weighted by atomic mass is 10.0. The lowest BCUT2D eigenvalue weighted by Gasteiger charge is -2.13. The molecule has 0 saturated carbocycles. The predicted molar refractivity (Wildman–Crippen MR) is 111 cm³/mol. The zero-order valence-corrected chi connectivity index (χ0v) is 17.9. The van der Waals surface area contributed by atoms with E-state index in [0.717, 1.165) is 0 Å². The molecule has 0 unspecified atom stereocenters. The number of hydrogen-bond donors (Lipinski definition) is 2. The highest BCUT2D eigenvalue weighted by atomic mass is 32.2. The standard InChI is InChI=1S/C20H28N2O4S2/c1-3-15-21-27(23,24)19-11-7-5-9-17(19)13-14-18-10-6-8-12-20(18)28(25,26)22-16-4-2/h5-12,21-22H,3-4,13-16H2,1-2H3. The molecule has 28 heavy (non-hydrogen) atoms. The third-order valence-electron chi connectivity index (χ3n) is 4.27. The minimum Gasteiger partial charge on any atom is -0.211 e. The molecule has 154 valence electrons. The Morgan fingerprint density at radius 2 is 1.00 bits per heavy atom. The third-order valence-corrected chi connectivity index (χ3v) is 7.40. The van der Waals surface area contributed by atoms with E-state index in [2.05, 4.69) is 9.44 Å². The van der Waals surface area contributed by atoms with Gasteiger partial charge in [0, 0.05) is 13.1 Å². The largest absolute Gasteiger partial charge is 0.240 e. The maximum Gasteiger partial charge on any atom is 0.240 e. The van der Waals surface area contributed by atoms with Crippen LogP contribution in [0.2, 0.25) is 0 Å². The van der Waals surface area contributed by atoms with Crippen molar-refractivity contribution in [1.82, 2.24) is 9.44 Å². The number of aryl methyl sites for hydroxylation is 2. The smallest absolute Gasteiger partial charge is 0.211 e. The Morgan fingerprint density at radius 3 is 1.36 bits per heavy atom. The van der Waals surface area contributed by atoms with Gasteiger partial charge in [-0.1, -0.05) is 50.2 Å². The van der Waals surface area contributed by atoms with E-state index in [9.17, 15) is 16.8 Å². The average Bonchev–Trinajstić information content (AvgIpc) is 2.69. The van der Waals surface area contributed by atoms with Crippen LogP contribution in [0.25, 0.3) is 0 Å². The van der Waals surface area contributed by atoms with Crippen LogP contribution in [0.1, 0.15) is 37.8 Å². The summed E-state index contributed by atoms with van der Waals surface area (Å²) in [6.45, 7) is 4.55. The molecule has 0 atom stereocenters. The molecule has 2 rings (SSSR count). The van der Waals surface area contributed by atoms with Gasteiger partial charge >= 0.3 is 0 Å². The van der Waals surface area contributed by atoms with Crippen molar-refractivity contribution < 1.29 is 16.8 Å². The number of sulfonamides is 2. The molecule has 0 radical (unpaired) electrons. The van der Waals surface area contributed by atoms with Gasteiger partial charge in [-0.3, -0.25) is 0 Å². The second kappa shape index (κ2) is 10.2. The first-order chi connectivity index (χ1) is 13.3. The van der Waals surface area contributed by atoms with Gasteiger partial charge in [0.15, 0.2) is 0 Å². The van der Waals surface area contributed by atoms with Gasteiger partial charge in [-0.25, -0.2) is 26.3 Å². The third kappa shape index (κ3) is 5.88. The zero-order valence-electron chi connectivity index (χ0n) is 16.3. The minimum absolute atomic E-state index is 0.243. The summed E-state index contributed by atoms with van der Waals surface area (Å²) in [7, 11) is -7.18. The van der Waals surface area contributed by atoms with Gasteiger partial charge in [0.05, 0.1) is 9.79 Å². The Bertz CT molecular complexity index is 905. The van der Waals surface area contributed by atoms with Gasteiger partial charge in [0.2, 0.25) is 20.0 Å². The molecule has 0 aliphatic rings. The van der Waals surface area contributed by atoms with Crippen molar-refractivity contribution in [2.45, 2.75) is 49.3 Å². The van der Waals surface area contributed by atoms with Crippen molar-refractivity contribution in [1.29, 1.82) is 0 Å². The van der Waals surface area contributed by atoms with Gasteiger partial charge in [-0.2, -0.15) is 0 Å². The van der Waals surface area contributed by atoms with Crippen LogP contribution in [0.4, 0.5) is 0 Å². The molecular weight excluding hydrogens is 396 g/mol. The molecule has 0 saturated heterocycles. The molecule has 6 nitrogen and oxygen atoms in total. The summed E-state index contributed by atoms with van der Waals surface area (Å²) in [5.41, 5.74) is 1.33.